The van der Waals surface area contributed by atoms with Gasteiger partial charge in [-0.3, -0.25) is 4.98 Å². The van der Waals surface area contributed by atoms with E-state index in [0.29, 0.717) is 11.3 Å². The predicted molar refractivity (Wildman–Crippen MR) is 109 cm³/mol. The number of aliphatic hydroxyl groups excluding tert-OH is 1. The van der Waals surface area contributed by atoms with Crippen LogP contribution in [0.25, 0.3) is 11.3 Å². The lowest BCUT2D eigenvalue weighted by Crippen LogP contribution is -2.30. The van der Waals surface area contributed by atoms with E-state index in [0.717, 1.165) is 18.2 Å². The van der Waals surface area contributed by atoms with Crippen molar-refractivity contribution >= 4 is 17.5 Å². The minimum Gasteiger partial charge on any atom is -0.394 e. The Labute approximate surface area is 176 Å². The average molecular weight is 435 g/mol. The molecule has 2 aromatic heterocycles. The molecule has 2 heterocycles. The molecule has 31 heavy (non-hydrogen) atoms. The molecule has 0 aliphatic heterocycles. The van der Waals surface area contributed by atoms with Gasteiger partial charge in [0, 0.05) is 24.0 Å². The van der Waals surface area contributed by atoms with Gasteiger partial charge in [0.15, 0.2) is 0 Å². The zero-order valence-corrected chi connectivity index (χ0v) is 16.8. The van der Waals surface area contributed by atoms with Crippen LogP contribution >= 0.6 is 0 Å². The Balaban J connectivity index is 2.07. The number of benzene rings is 1. The largest absolute Gasteiger partial charge is 0.418 e. The second-order valence-corrected chi connectivity index (χ2v) is 7.17. The maximum absolute atomic E-state index is 14.3. The summed E-state index contributed by atoms with van der Waals surface area (Å²) in [5.41, 5.74) is -0.942. The molecule has 0 aliphatic carbocycles. The number of pyridine rings is 1. The standard InChI is InChI=1S/C21H21F4N5O/c1-12(2)17(11-31)28-20-27-16(13-5-4-8-26-10-13)9-18(30-20)29-19-14(21(23,24)25)6-3-7-15(19)22/h3-10,12,17,31H,11H2,1-2H3,(H2,27,28,29,30)/t17-/m1/s1. The molecular formula is C21H21F4N5O. The van der Waals surface area contributed by atoms with Gasteiger partial charge in [-0.05, 0) is 30.2 Å². The van der Waals surface area contributed by atoms with E-state index in [1.165, 1.54) is 12.3 Å². The van der Waals surface area contributed by atoms with Gasteiger partial charge in [0.05, 0.1) is 29.6 Å². The number of hydrogen-bond acceptors (Lipinski definition) is 6. The van der Waals surface area contributed by atoms with Crippen molar-refractivity contribution in [1.29, 1.82) is 0 Å². The van der Waals surface area contributed by atoms with Crippen LogP contribution in [-0.2, 0) is 6.18 Å². The quantitative estimate of drug-likeness (QED) is 0.460. The molecule has 1 atom stereocenters. The lowest BCUT2D eigenvalue weighted by atomic mass is 10.1. The highest BCUT2D eigenvalue weighted by Gasteiger charge is 2.35. The van der Waals surface area contributed by atoms with E-state index >= 15 is 0 Å². The van der Waals surface area contributed by atoms with Crippen LogP contribution in [0.5, 0.6) is 0 Å². The van der Waals surface area contributed by atoms with Crippen molar-refractivity contribution in [1.82, 2.24) is 15.0 Å². The highest BCUT2D eigenvalue weighted by Crippen LogP contribution is 2.37. The van der Waals surface area contributed by atoms with E-state index in [1.807, 2.05) is 13.8 Å². The van der Waals surface area contributed by atoms with Gasteiger partial charge in [0.25, 0.3) is 0 Å². The van der Waals surface area contributed by atoms with Crippen LogP contribution in [0.1, 0.15) is 19.4 Å². The number of nitrogens with one attached hydrogen (secondary N) is 2. The van der Waals surface area contributed by atoms with Crippen molar-refractivity contribution in [3.63, 3.8) is 0 Å². The molecule has 3 aromatic rings. The summed E-state index contributed by atoms with van der Waals surface area (Å²) in [7, 11) is 0. The number of nitrogens with zero attached hydrogens (tertiary/aromatic N) is 3. The van der Waals surface area contributed by atoms with Crippen molar-refractivity contribution in [2.24, 2.45) is 5.92 Å². The fourth-order valence-electron chi connectivity index (χ4n) is 2.84. The smallest absolute Gasteiger partial charge is 0.394 e. The number of aliphatic hydroxyl groups is 1. The number of anilines is 3. The fourth-order valence-corrected chi connectivity index (χ4v) is 2.84. The van der Waals surface area contributed by atoms with E-state index in [2.05, 4.69) is 25.6 Å². The van der Waals surface area contributed by atoms with Gasteiger partial charge in [0.1, 0.15) is 11.6 Å². The molecule has 0 saturated carbocycles. The number of aromatic nitrogens is 3. The Morgan fingerprint density at radius 3 is 2.48 bits per heavy atom. The molecule has 3 N–H and O–H groups in total. The zero-order chi connectivity index (χ0) is 22.6. The number of hydrogen-bond donors (Lipinski definition) is 3. The summed E-state index contributed by atoms with van der Waals surface area (Å²) < 4.78 is 54.4. The Kier molecular flexibility index (Phi) is 6.69. The van der Waals surface area contributed by atoms with E-state index in [4.69, 9.17) is 0 Å². The summed E-state index contributed by atoms with van der Waals surface area (Å²) in [4.78, 5) is 12.6. The third kappa shape index (κ3) is 5.46. The molecule has 0 unspecified atom stereocenters. The Bertz CT molecular complexity index is 1030. The molecule has 0 aliphatic rings. The number of para-hydroxylation sites is 1. The average Bonchev–Trinajstić information content (AvgIpc) is 2.73. The van der Waals surface area contributed by atoms with Crippen LogP contribution in [-0.4, -0.2) is 32.7 Å². The molecular weight excluding hydrogens is 414 g/mol. The third-order valence-corrected chi connectivity index (χ3v) is 4.57. The van der Waals surface area contributed by atoms with Crippen LogP contribution < -0.4 is 10.6 Å². The molecule has 0 amide bonds. The summed E-state index contributed by atoms with van der Waals surface area (Å²) >= 11 is 0. The summed E-state index contributed by atoms with van der Waals surface area (Å²) in [5, 5.41) is 15.0. The summed E-state index contributed by atoms with van der Waals surface area (Å²) in [5.74, 6) is -1.02. The highest BCUT2D eigenvalue weighted by atomic mass is 19.4. The highest BCUT2D eigenvalue weighted by molar-refractivity contribution is 5.69. The molecule has 0 spiro atoms. The monoisotopic (exact) mass is 435 g/mol. The molecule has 164 valence electrons. The minimum absolute atomic E-state index is 0.0236. The van der Waals surface area contributed by atoms with Gasteiger partial charge in [-0.15, -0.1) is 0 Å². The van der Waals surface area contributed by atoms with E-state index < -0.39 is 29.3 Å². The molecule has 0 fully saturated rings. The first-order valence-electron chi connectivity index (χ1n) is 9.48. The maximum Gasteiger partial charge on any atom is 0.418 e. The van der Waals surface area contributed by atoms with Gasteiger partial charge in [-0.2, -0.15) is 18.2 Å². The van der Waals surface area contributed by atoms with Crippen LogP contribution in [0.15, 0.2) is 48.8 Å². The first-order chi connectivity index (χ1) is 14.7. The molecule has 0 saturated heterocycles. The molecule has 0 bridgehead atoms. The van der Waals surface area contributed by atoms with E-state index in [1.54, 1.807) is 18.3 Å². The summed E-state index contributed by atoms with van der Waals surface area (Å²) in [6.07, 6.45) is -1.66. The molecule has 3 rings (SSSR count). The Hall–Kier alpha value is -3.27. The van der Waals surface area contributed by atoms with Gasteiger partial charge >= 0.3 is 6.18 Å². The first kappa shape index (κ1) is 22.4. The van der Waals surface area contributed by atoms with Gasteiger partial charge in [-0.25, -0.2) is 9.37 Å². The number of alkyl halides is 3. The second kappa shape index (κ2) is 9.25. The number of halogens is 4. The Morgan fingerprint density at radius 1 is 1.10 bits per heavy atom. The van der Waals surface area contributed by atoms with E-state index in [-0.39, 0.29) is 24.3 Å². The molecule has 1 aromatic carbocycles. The molecule has 0 radical (unpaired) electrons. The van der Waals surface area contributed by atoms with Crippen LogP contribution in [0.3, 0.4) is 0 Å². The number of rotatable bonds is 7. The van der Waals surface area contributed by atoms with Crippen LogP contribution in [0, 0.1) is 11.7 Å². The van der Waals surface area contributed by atoms with Crippen molar-refractivity contribution in [2.45, 2.75) is 26.1 Å². The van der Waals surface area contributed by atoms with Crippen LogP contribution in [0.2, 0.25) is 0 Å². The van der Waals surface area contributed by atoms with E-state index in [9.17, 15) is 22.7 Å². The predicted octanol–water partition coefficient (Wildman–Crippen LogP) is 4.87. The van der Waals surface area contributed by atoms with Gasteiger partial charge in [0.2, 0.25) is 5.95 Å². The normalized spacial score (nSPS) is 12.6. The zero-order valence-electron chi connectivity index (χ0n) is 16.8. The lowest BCUT2D eigenvalue weighted by Gasteiger charge is -2.21. The van der Waals surface area contributed by atoms with Crippen LogP contribution in [0.4, 0.5) is 35.0 Å². The Morgan fingerprint density at radius 2 is 1.87 bits per heavy atom. The topological polar surface area (TPSA) is 83.0 Å². The SMILES string of the molecule is CC(C)[C@@H](CO)Nc1nc(Nc2c(F)cccc2C(F)(F)F)cc(-c2cccnc2)n1. The van der Waals surface area contributed by atoms with Crippen molar-refractivity contribution in [3.05, 3.63) is 60.2 Å². The fraction of sp³-hybridized carbons (Fsp3) is 0.286. The van der Waals surface area contributed by atoms with Gasteiger partial charge < -0.3 is 15.7 Å². The molecule has 6 nitrogen and oxygen atoms in total. The van der Waals surface area contributed by atoms with Crippen molar-refractivity contribution < 1.29 is 22.7 Å². The minimum atomic E-state index is -4.76. The maximum atomic E-state index is 14.3. The van der Waals surface area contributed by atoms with Gasteiger partial charge in [-0.1, -0.05) is 19.9 Å². The van der Waals surface area contributed by atoms with Crippen molar-refractivity contribution in [3.8, 4) is 11.3 Å². The van der Waals surface area contributed by atoms with Crippen molar-refractivity contribution in [2.75, 3.05) is 17.2 Å². The third-order valence-electron chi connectivity index (χ3n) is 4.57. The second-order valence-electron chi connectivity index (χ2n) is 7.17. The molecule has 10 heteroatoms. The lowest BCUT2D eigenvalue weighted by molar-refractivity contribution is -0.137. The summed E-state index contributed by atoms with van der Waals surface area (Å²) in [6.45, 7) is 3.56. The summed E-state index contributed by atoms with van der Waals surface area (Å²) in [6, 6.07) is 7.12. The first-order valence-corrected chi connectivity index (χ1v) is 9.48.